The molecule has 0 spiro atoms. The molecule has 20 heavy (non-hydrogen) atoms. The smallest absolute Gasteiger partial charge is 0.202 e. The zero-order valence-electron chi connectivity index (χ0n) is 11.9. The molecule has 0 saturated carbocycles. The maximum atomic E-state index is 10.1. The Morgan fingerprint density at radius 3 is 2.55 bits per heavy atom. The fourth-order valence-corrected chi connectivity index (χ4v) is 2.79. The Kier molecular flexibility index (Phi) is 5.49. The molecule has 2 aromatic rings. The van der Waals surface area contributed by atoms with Crippen molar-refractivity contribution in [3.63, 3.8) is 0 Å². The Hall–Kier alpha value is -1.46. The second kappa shape index (κ2) is 7.36. The molecular formula is C15H21N3OS. The molecule has 1 heterocycles. The third kappa shape index (κ3) is 3.77. The number of anilines is 1. The molecule has 0 fully saturated rings. The zero-order valence-corrected chi connectivity index (χ0v) is 12.7. The fourth-order valence-electron chi connectivity index (χ4n) is 2.19. The SMILES string of the molecule is CCC(CC)C(O)CNc1nc(-c2ccccc2)ns1. The van der Waals surface area contributed by atoms with E-state index in [1.165, 1.54) is 11.5 Å². The lowest BCUT2D eigenvalue weighted by Crippen LogP contribution is -2.27. The van der Waals surface area contributed by atoms with Crippen LogP contribution in [0.25, 0.3) is 11.4 Å². The van der Waals surface area contributed by atoms with Crippen LogP contribution in [-0.4, -0.2) is 27.1 Å². The minimum absolute atomic E-state index is 0.337. The minimum atomic E-state index is -0.339. The highest BCUT2D eigenvalue weighted by Crippen LogP contribution is 2.21. The number of hydrogen-bond donors (Lipinski definition) is 2. The van der Waals surface area contributed by atoms with Crippen molar-refractivity contribution >= 4 is 16.7 Å². The maximum absolute atomic E-state index is 10.1. The first kappa shape index (κ1) is 14.9. The second-order valence-corrected chi connectivity index (χ2v) is 5.57. The van der Waals surface area contributed by atoms with Gasteiger partial charge in [-0.2, -0.15) is 9.36 Å². The van der Waals surface area contributed by atoms with Gasteiger partial charge >= 0.3 is 0 Å². The van der Waals surface area contributed by atoms with Crippen LogP contribution < -0.4 is 5.32 Å². The number of nitrogens with zero attached hydrogens (tertiary/aromatic N) is 2. The van der Waals surface area contributed by atoms with Gasteiger partial charge in [-0.15, -0.1) is 0 Å². The van der Waals surface area contributed by atoms with E-state index in [1.807, 2.05) is 30.3 Å². The standard InChI is InChI=1S/C15H21N3OS/c1-3-11(4-2)13(19)10-16-15-17-14(18-20-15)12-8-6-5-7-9-12/h5-9,11,13,19H,3-4,10H2,1-2H3,(H,16,17,18). The quantitative estimate of drug-likeness (QED) is 0.820. The summed E-state index contributed by atoms with van der Waals surface area (Å²) in [4.78, 5) is 4.45. The molecule has 108 valence electrons. The molecule has 0 bridgehead atoms. The molecule has 0 radical (unpaired) electrons. The summed E-state index contributed by atoms with van der Waals surface area (Å²) < 4.78 is 4.34. The number of aromatic nitrogens is 2. The van der Waals surface area contributed by atoms with E-state index in [2.05, 4.69) is 28.5 Å². The highest BCUT2D eigenvalue weighted by molar-refractivity contribution is 7.09. The lowest BCUT2D eigenvalue weighted by molar-refractivity contribution is 0.114. The van der Waals surface area contributed by atoms with E-state index in [1.54, 1.807) is 0 Å². The molecule has 0 saturated heterocycles. The van der Waals surface area contributed by atoms with Crippen molar-refractivity contribution in [1.29, 1.82) is 0 Å². The summed E-state index contributed by atoms with van der Waals surface area (Å²) in [7, 11) is 0. The normalized spacial score (nSPS) is 12.6. The average molecular weight is 291 g/mol. The number of aliphatic hydroxyl groups excluding tert-OH is 1. The Bertz CT molecular complexity index is 511. The monoisotopic (exact) mass is 291 g/mol. The molecule has 5 heteroatoms. The lowest BCUT2D eigenvalue weighted by Gasteiger charge is -2.19. The summed E-state index contributed by atoms with van der Waals surface area (Å²) in [5, 5.41) is 14.0. The molecule has 0 amide bonds. The minimum Gasteiger partial charge on any atom is -0.391 e. The van der Waals surface area contributed by atoms with Gasteiger partial charge in [-0.05, 0) is 5.92 Å². The Morgan fingerprint density at radius 2 is 1.90 bits per heavy atom. The van der Waals surface area contributed by atoms with Crippen molar-refractivity contribution in [3.8, 4) is 11.4 Å². The van der Waals surface area contributed by atoms with Crippen LogP contribution in [0.3, 0.4) is 0 Å². The van der Waals surface area contributed by atoms with Gasteiger partial charge < -0.3 is 10.4 Å². The molecule has 2 rings (SSSR count). The van der Waals surface area contributed by atoms with E-state index < -0.39 is 0 Å². The summed E-state index contributed by atoms with van der Waals surface area (Å²) in [6.45, 7) is 4.74. The molecule has 0 aliphatic heterocycles. The van der Waals surface area contributed by atoms with Crippen molar-refractivity contribution in [2.24, 2.45) is 5.92 Å². The predicted molar refractivity (Wildman–Crippen MR) is 83.9 cm³/mol. The van der Waals surface area contributed by atoms with E-state index in [9.17, 15) is 5.11 Å². The van der Waals surface area contributed by atoms with Crippen LogP contribution in [0.5, 0.6) is 0 Å². The van der Waals surface area contributed by atoms with Crippen LogP contribution in [0, 0.1) is 5.92 Å². The highest BCUT2D eigenvalue weighted by atomic mass is 32.1. The molecule has 0 aliphatic rings. The fraction of sp³-hybridized carbons (Fsp3) is 0.467. The summed E-state index contributed by atoms with van der Waals surface area (Å²) in [6.07, 6.45) is 1.64. The Morgan fingerprint density at radius 1 is 1.20 bits per heavy atom. The summed E-state index contributed by atoms with van der Waals surface area (Å²) >= 11 is 1.33. The average Bonchev–Trinajstić information content (AvgIpc) is 2.96. The number of benzene rings is 1. The third-order valence-corrected chi connectivity index (χ3v) is 4.19. The van der Waals surface area contributed by atoms with E-state index in [-0.39, 0.29) is 6.10 Å². The predicted octanol–water partition coefficient (Wildman–Crippen LogP) is 3.41. The first-order valence-electron chi connectivity index (χ1n) is 7.05. The van der Waals surface area contributed by atoms with Crippen LogP contribution in [0.4, 0.5) is 5.13 Å². The van der Waals surface area contributed by atoms with Crippen molar-refractivity contribution in [2.75, 3.05) is 11.9 Å². The van der Waals surface area contributed by atoms with Gasteiger partial charge in [-0.3, -0.25) is 0 Å². The van der Waals surface area contributed by atoms with Gasteiger partial charge in [0.05, 0.1) is 6.10 Å². The summed E-state index contributed by atoms with van der Waals surface area (Å²) in [5.41, 5.74) is 1.01. The topological polar surface area (TPSA) is 58.0 Å². The van der Waals surface area contributed by atoms with Gasteiger partial charge in [0.2, 0.25) is 5.13 Å². The first-order valence-corrected chi connectivity index (χ1v) is 7.83. The van der Waals surface area contributed by atoms with Gasteiger partial charge in [0.15, 0.2) is 5.82 Å². The van der Waals surface area contributed by atoms with E-state index in [4.69, 9.17) is 0 Å². The Balaban J connectivity index is 1.94. The zero-order chi connectivity index (χ0) is 14.4. The van der Waals surface area contributed by atoms with E-state index >= 15 is 0 Å². The van der Waals surface area contributed by atoms with Crippen molar-refractivity contribution < 1.29 is 5.11 Å². The molecule has 4 nitrogen and oxygen atoms in total. The molecule has 2 N–H and O–H groups in total. The van der Waals surface area contributed by atoms with Crippen LogP contribution in [0.1, 0.15) is 26.7 Å². The summed E-state index contributed by atoms with van der Waals surface area (Å²) in [5.74, 6) is 1.07. The molecular weight excluding hydrogens is 270 g/mol. The van der Waals surface area contributed by atoms with Crippen LogP contribution in [0.2, 0.25) is 0 Å². The first-order chi connectivity index (χ1) is 9.74. The number of aliphatic hydroxyl groups is 1. The van der Waals surface area contributed by atoms with Gasteiger partial charge in [0.25, 0.3) is 0 Å². The van der Waals surface area contributed by atoms with Gasteiger partial charge in [0, 0.05) is 23.6 Å². The van der Waals surface area contributed by atoms with Crippen molar-refractivity contribution in [1.82, 2.24) is 9.36 Å². The molecule has 1 aromatic heterocycles. The van der Waals surface area contributed by atoms with Crippen LogP contribution >= 0.6 is 11.5 Å². The van der Waals surface area contributed by atoms with Gasteiger partial charge in [0.1, 0.15) is 0 Å². The van der Waals surface area contributed by atoms with Gasteiger partial charge in [-0.1, -0.05) is 57.0 Å². The number of rotatable bonds is 7. The molecule has 0 aliphatic carbocycles. The molecule has 1 unspecified atom stereocenters. The van der Waals surface area contributed by atoms with Crippen molar-refractivity contribution in [2.45, 2.75) is 32.8 Å². The van der Waals surface area contributed by atoms with Crippen LogP contribution in [-0.2, 0) is 0 Å². The number of nitrogens with one attached hydrogen (secondary N) is 1. The number of hydrogen-bond acceptors (Lipinski definition) is 5. The van der Waals surface area contributed by atoms with E-state index in [0.29, 0.717) is 12.5 Å². The second-order valence-electron chi connectivity index (χ2n) is 4.81. The van der Waals surface area contributed by atoms with Crippen molar-refractivity contribution in [3.05, 3.63) is 30.3 Å². The Labute approximate surface area is 124 Å². The highest BCUT2D eigenvalue weighted by Gasteiger charge is 2.16. The lowest BCUT2D eigenvalue weighted by atomic mass is 9.97. The molecule has 1 atom stereocenters. The third-order valence-electron chi connectivity index (χ3n) is 3.51. The van der Waals surface area contributed by atoms with E-state index in [0.717, 1.165) is 29.4 Å². The molecule has 1 aromatic carbocycles. The maximum Gasteiger partial charge on any atom is 0.202 e. The summed E-state index contributed by atoms with van der Waals surface area (Å²) in [6, 6.07) is 9.90. The van der Waals surface area contributed by atoms with Crippen LogP contribution in [0.15, 0.2) is 30.3 Å². The largest absolute Gasteiger partial charge is 0.391 e. The van der Waals surface area contributed by atoms with Gasteiger partial charge in [-0.25, -0.2) is 0 Å².